The number of hydrogen-bond acceptors (Lipinski definition) is 5. The third-order valence-corrected chi connectivity index (χ3v) is 6.18. The number of piperidine rings is 2. The fraction of sp³-hybridized carbons (Fsp3) is 0.722. The number of amides is 1. The molecule has 1 aliphatic carbocycles. The van der Waals surface area contributed by atoms with E-state index in [-0.39, 0.29) is 17.9 Å². The van der Waals surface area contributed by atoms with Crippen molar-refractivity contribution in [3.05, 3.63) is 23.8 Å². The van der Waals surface area contributed by atoms with Crippen molar-refractivity contribution in [1.29, 1.82) is 0 Å². The van der Waals surface area contributed by atoms with Crippen molar-refractivity contribution in [3.63, 3.8) is 0 Å². The summed E-state index contributed by atoms with van der Waals surface area (Å²) in [6.07, 6.45) is 8.77. The molecule has 0 unspecified atom stereocenters. The average Bonchev–Trinajstić information content (AvgIpc) is 3.48. The van der Waals surface area contributed by atoms with Gasteiger partial charge in [0.2, 0.25) is 0 Å². The van der Waals surface area contributed by atoms with Gasteiger partial charge in [-0.1, -0.05) is 0 Å². The van der Waals surface area contributed by atoms with Crippen molar-refractivity contribution >= 4 is 5.91 Å². The van der Waals surface area contributed by atoms with E-state index in [0.29, 0.717) is 17.4 Å². The molecular weight excluding hydrogens is 304 g/mol. The van der Waals surface area contributed by atoms with E-state index in [1.54, 1.807) is 12.4 Å². The van der Waals surface area contributed by atoms with Crippen LogP contribution in [0.2, 0.25) is 0 Å². The van der Waals surface area contributed by atoms with Crippen molar-refractivity contribution in [1.82, 2.24) is 20.2 Å². The standard InChI is InChI=1S/C18H26N4O2/c23-12-15-11-19-6-3-18(15)4-7-22(8-5-18)17(24)14-9-20-16(21-10-14)13-1-2-13/h9-10,13,15,19,23H,1-8,11-12H2/t15-/m0/s1. The Labute approximate surface area is 142 Å². The summed E-state index contributed by atoms with van der Waals surface area (Å²) in [5, 5.41) is 13.1. The Balaban J connectivity index is 1.40. The van der Waals surface area contributed by atoms with E-state index in [1.807, 2.05) is 4.90 Å². The minimum absolute atomic E-state index is 0.0432. The molecule has 2 aliphatic heterocycles. The quantitative estimate of drug-likeness (QED) is 0.870. The van der Waals surface area contributed by atoms with E-state index in [1.165, 1.54) is 12.8 Å². The SMILES string of the molecule is O=C(c1cnc(C2CC2)nc1)N1CCC2(CCNC[C@H]2CO)CC1. The van der Waals surface area contributed by atoms with Gasteiger partial charge in [-0.15, -0.1) is 0 Å². The molecule has 6 heteroatoms. The van der Waals surface area contributed by atoms with E-state index >= 15 is 0 Å². The average molecular weight is 330 g/mol. The third kappa shape index (κ3) is 2.93. The van der Waals surface area contributed by atoms with Crippen LogP contribution in [0.5, 0.6) is 0 Å². The first kappa shape index (κ1) is 16.0. The van der Waals surface area contributed by atoms with Crippen LogP contribution in [0.4, 0.5) is 0 Å². The lowest BCUT2D eigenvalue weighted by atomic mass is 9.65. The zero-order valence-corrected chi connectivity index (χ0v) is 14.1. The van der Waals surface area contributed by atoms with E-state index in [9.17, 15) is 9.90 Å². The van der Waals surface area contributed by atoms with Crippen LogP contribution in [-0.4, -0.2) is 58.7 Å². The maximum absolute atomic E-state index is 12.7. The molecule has 3 aliphatic rings. The van der Waals surface area contributed by atoms with Crippen LogP contribution in [0.3, 0.4) is 0 Å². The fourth-order valence-electron chi connectivity index (χ4n) is 4.29. The normalized spacial score (nSPS) is 26.5. The maximum Gasteiger partial charge on any atom is 0.256 e. The van der Waals surface area contributed by atoms with Gasteiger partial charge in [0.05, 0.1) is 5.56 Å². The lowest BCUT2D eigenvalue weighted by molar-refractivity contribution is -0.00117. The molecule has 0 radical (unpaired) electrons. The van der Waals surface area contributed by atoms with Crippen molar-refractivity contribution in [2.45, 2.75) is 38.0 Å². The molecule has 0 aromatic carbocycles. The minimum Gasteiger partial charge on any atom is -0.396 e. The zero-order chi connectivity index (χ0) is 16.6. The topological polar surface area (TPSA) is 78.4 Å². The highest BCUT2D eigenvalue weighted by Crippen LogP contribution is 2.43. The van der Waals surface area contributed by atoms with Crippen molar-refractivity contribution in [3.8, 4) is 0 Å². The highest BCUT2D eigenvalue weighted by molar-refractivity contribution is 5.93. The van der Waals surface area contributed by atoms with Gasteiger partial charge in [-0.3, -0.25) is 4.79 Å². The molecule has 24 heavy (non-hydrogen) atoms. The Morgan fingerprint density at radius 3 is 2.58 bits per heavy atom. The van der Waals surface area contributed by atoms with Crippen LogP contribution in [0.25, 0.3) is 0 Å². The molecule has 1 spiro atoms. The van der Waals surface area contributed by atoms with Crippen LogP contribution in [0.15, 0.2) is 12.4 Å². The Morgan fingerprint density at radius 2 is 1.96 bits per heavy atom. The van der Waals surface area contributed by atoms with Gasteiger partial charge in [0.15, 0.2) is 0 Å². The van der Waals surface area contributed by atoms with Crippen LogP contribution >= 0.6 is 0 Å². The fourth-order valence-corrected chi connectivity index (χ4v) is 4.29. The molecule has 2 saturated heterocycles. The van der Waals surface area contributed by atoms with Gasteiger partial charge in [-0.25, -0.2) is 9.97 Å². The van der Waals surface area contributed by atoms with E-state index in [2.05, 4.69) is 15.3 Å². The molecule has 1 amide bonds. The molecular formula is C18H26N4O2. The predicted molar refractivity (Wildman–Crippen MR) is 89.6 cm³/mol. The third-order valence-electron chi connectivity index (χ3n) is 6.18. The van der Waals surface area contributed by atoms with Crippen molar-refractivity contribution in [2.75, 3.05) is 32.8 Å². The molecule has 6 nitrogen and oxygen atoms in total. The molecule has 4 rings (SSSR count). The molecule has 3 heterocycles. The van der Waals surface area contributed by atoms with Crippen molar-refractivity contribution in [2.24, 2.45) is 11.3 Å². The van der Waals surface area contributed by atoms with Crippen LogP contribution in [0.1, 0.15) is 54.2 Å². The second kappa shape index (κ2) is 6.41. The number of carbonyl (C=O) groups excluding carboxylic acids is 1. The van der Waals surface area contributed by atoms with Gasteiger partial charge in [0.1, 0.15) is 5.82 Å². The number of hydrogen-bond donors (Lipinski definition) is 2. The summed E-state index contributed by atoms with van der Waals surface area (Å²) in [6, 6.07) is 0. The molecule has 1 aromatic heterocycles. The smallest absolute Gasteiger partial charge is 0.256 e. The zero-order valence-electron chi connectivity index (χ0n) is 14.1. The Kier molecular flexibility index (Phi) is 4.26. The highest BCUT2D eigenvalue weighted by Gasteiger charge is 2.43. The summed E-state index contributed by atoms with van der Waals surface area (Å²) >= 11 is 0. The first-order chi connectivity index (χ1) is 11.7. The highest BCUT2D eigenvalue weighted by atomic mass is 16.3. The number of nitrogens with zero attached hydrogens (tertiary/aromatic N) is 3. The van der Waals surface area contributed by atoms with Gasteiger partial charge in [0, 0.05) is 50.5 Å². The van der Waals surface area contributed by atoms with E-state index in [0.717, 1.165) is 51.3 Å². The molecule has 0 bridgehead atoms. The van der Waals surface area contributed by atoms with Crippen LogP contribution < -0.4 is 5.32 Å². The summed E-state index contributed by atoms with van der Waals surface area (Å²) in [4.78, 5) is 23.4. The number of likely N-dealkylation sites (tertiary alicyclic amines) is 1. The van der Waals surface area contributed by atoms with Crippen LogP contribution in [-0.2, 0) is 0 Å². The molecule has 1 saturated carbocycles. The predicted octanol–water partition coefficient (Wildman–Crippen LogP) is 1.18. The maximum atomic E-state index is 12.7. The van der Waals surface area contributed by atoms with Gasteiger partial charge in [-0.2, -0.15) is 0 Å². The monoisotopic (exact) mass is 330 g/mol. The summed E-state index contributed by atoms with van der Waals surface area (Å²) < 4.78 is 0. The Hall–Kier alpha value is -1.53. The summed E-state index contributed by atoms with van der Waals surface area (Å²) in [5.74, 6) is 1.75. The summed E-state index contributed by atoms with van der Waals surface area (Å²) in [5.41, 5.74) is 0.794. The van der Waals surface area contributed by atoms with Gasteiger partial charge in [-0.05, 0) is 44.1 Å². The minimum atomic E-state index is 0.0432. The van der Waals surface area contributed by atoms with Gasteiger partial charge < -0.3 is 15.3 Å². The number of aromatic nitrogens is 2. The number of aliphatic hydroxyl groups excluding tert-OH is 1. The second-order valence-electron chi connectivity index (χ2n) is 7.59. The van der Waals surface area contributed by atoms with E-state index < -0.39 is 0 Å². The lowest BCUT2D eigenvalue weighted by Gasteiger charge is -2.49. The number of aliphatic hydroxyl groups is 1. The number of rotatable bonds is 3. The summed E-state index contributed by atoms with van der Waals surface area (Å²) in [7, 11) is 0. The second-order valence-corrected chi connectivity index (χ2v) is 7.59. The van der Waals surface area contributed by atoms with E-state index in [4.69, 9.17) is 0 Å². The van der Waals surface area contributed by atoms with Crippen molar-refractivity contribution < 1.29 is 9.90 Å². The first-order valence-corrected chi connectivity index (χ1v) is 9.15. The largest absolute Gasteiger partial charge is 0.396 e. The first-order valence-electron chi connectivity index (χ1n) is 9.15. The Bertz CT molecular complexity index is 592. The molecule has 2 N–H and O–H groups in total. The van der Waals surface area contributed by atoms with Gasteiger partial charge >= 0.3 is 0 Å². The number of carbonyl (C=O) groups is 1. The molecule has 1 atom stereocenters. The van der Waals surface area contributed by atoms with Crippen LogP contribution in [0, 0.1) is 11.3 Å². The molecule has 3 fully saturated rings. The number of nitrogens with one attached hydrogen (secondary N) is 1. The summed E-state index contributed by atoms with van der Waals surface area (Å²) in [6.45, 7) is 3.67. The Morgan fingerprint density at radius 1 is 1.25 bits per heavy atom. The molecule has 130 valence electrons. The van der Waals surface area contributed by atoms with Gasteiger partial charge in [0.25, 0.3) is 5.91 Å². The lowest BCUT2D eigenvalue weighted by Crippen LogP contribution is -2.53. The molecule has 1 aromatic rings.